The van der Waals surface area contributed by atoms with Crippen LogP contribution in [0.25, 0.3) is 6.08 Å². The lowest BCUT2D eigenvalue weighted by Crippen LogP contribution is -2.37. The molecule has 3 heteroatoms. The minimum Gasteiger partial charge on any atom is -0.332 e. The number of hydrogen-bond donors (Lipinski definition) is 0. The topological polar surface area (TPSA) is 20.3 Å². The van der Waals surface area contributed by atoms with Gasteiger partial charge >= 0.3 is 0 Å². The van der Waals surface area contributed by atoms with Crippen molar-refractivity contribution in [3.05, 3.63) is 63.9 Å². The molecule has 1 aliphatic heterocycles. The van der Waals surface area contributed by atoms with Gasteiger partial charge in [0.15, 0.2) is 0 Å². The third-order valence-electron chi connectivity index (χ3n) is 3.78. The smallest absolute Gasteiger partial charge is 0.247 e. The summed E-state index contributed by atoms with van der Waals surface area (Å²) in [7, 11) is 0. The molecular weight excluding hydrogens is 266 g/mol. The van der Waals surface area contributed by atoms with Crippen LogP contribution in [-0.2, 0) is 11.2 Å². The van der Waals surface area contributed by atoms with Crippen molar-refractivity contribution in [3.8, 4) is 0 Å². The van der Waals surface area contributed by atoms with Crippen molar-refractivity contribution >= 4 is 23.3 Å². The van der Waals surface area contributed by atoms with Gasteiger partial charge in [-0.2, -0.15) is 0 Å². The Labute approximate surface area is 123 Å². The third-order valence-corrected chi connectivity index (χ3v) is 4.77. The number of carbonyl (C=O) groups excluding carboxylic acids is 1. The Bertz CT molecular complexity index is 629. The molecule has 0 unspecified atom stereocenters. The first-order chi connectivity index (χ1) is 9.75. The van der Waals surface area contributed by atoms with Crippen molar-refractivity contribution in [2.75, 3.05) is 6.54 Å². The number of hydrogen-bond acceptors (Lipinski definition) is 2. The predicted octanol–water partition coefficient (Wildman–Crippen LogP) is 3.91. The molecule has 2 nitrogen and oxygen atoms in total. The minimum absolute atomic E-state index is 0.0956. The van der Waals surface area contributed by atoms with E-state index in [1.165, 1.54) is 10.4 Å². The molecule has 0 saturated heterocycles. The number of nitrogens with zero attached hydrogens (tertiary/aromatic N) is 1. The summed E-state index contributed by atoms with van der Waals surface area (Å²) in [4.78, 5) is 15.7. The average Bonchev–Trinajstić information content (AvgIpc) is 2.96. The molecule has 1 aliphatic rings. The van der Waals surface area contributed by atoms with E-state index < -0.39 is 0 Å². The highest BCUT2D eigenvalue weighted by Gasteiger charge is 2.26. The number of fused-ring (bicyclic) bond motifs is 1. The molecule has 0 bridgehead atoms. The second-order valence-corrected chi connectivity index (χ2v) is 6.00. The standard InChI is InChI=1S/C17H17NOS/c1-13-15-10-12-20-16(15)9-11-18(13)17(19)8-7-14-5-3-2-4-6-14/h2-8,10,12-13H,9,11H2,1H3/b8-7-/t13-/m1/s1. The van der Waals surface area contributed by atoms with Crippen molar-refractivity contribution < 1.29 is 4.79 Å². The second kappa shape index (κ2) is 5.63. The molecule has 2 aromatic rings. The van der Waals surface area contributed by atoms with Gasteiger partial charge in [0.2, 0.25) is 5.91 Å². The van der Waals surface area contributed by atoms with E-state index in [1.807, 2.05) is 41.3 Å². The number of benzene rings is 1. The fraction of sp³-hybridized carbons (Fsp3) is 0.235. The Morgan fingerprint density at radius 3 is 2.90 bits per heavy atom. The average molecular weight is 283 g/mol. The summed E-state index contributed by atoms with van der Waals surface area (Å²) in [5, 5.41) is 2.12. The van der Waals surface area contributed by atoms with Crippen LogP contribution in [0.5, 0.6) is 0 Å². The first-order valence-corrected chi connectivity index (χ1v) is 7.73. The monoisotopic (exact) mass is 283 g/mol. The van der Waals surface area contributed by atoms with Crippen molar-refractivity contribution in [3.63, 3.8) is 0 Å². The summed E-state index contributed by atoms with van der Waals surface area (Å²) in [6.45, 7) is 2.92. The molecule has 2 heterocycles. The molecule has 0 aliphatic carbocycles. The SMILES string of the molecule is C[C@@H]1c2ccsc2CCN1C(=O)/C=C\c1ccccc1. The van der Waals surface area contributed by atoms with E-state index in [2.05, 4.69) is 18.4 Å². The minimum atomic E-state index is 0.0956. The summed E-state index contributed by atoms with van der Waals surface area (Å²) in [6, 6.07) is 12.3. The zero-order chi connectivity index (χ0) is 13.9. The summed E-state index contributed by atoms with van der Waals surface area (Å²) in [6.07, 6.45) is 4.55. The molecule has 0 spiro atoms. The maximum absolute atomic E-state index is 12.4. The van der Waals surface area contributed by atoms with Crippen LogP contribution in [0.1, 0.15) is 29.0 Å². The van der Waals surface area contributed by atoms with Gasteiger partial charge in [0.1, 0.15) is 0 Å². The van der Waals surface area contributed by atoms with Crippen LogP contribution in [0.3, 0.4) is 0 Å². The molecule has 1 aromatic heterocycles. The van der Waals surface area contributed by atoms with Gasteiger partial charge in [-0.25, -0.2) is 0 Å². The van der Waals surface area contributed by atoms with Gasteiger partial charge in [0.25, 0.3) is 0 Å². The van der Waals surface area contributed by atoms with Gasteiger partial charge < -0.3 is 4.90 Å². The van der Waals surface area contributed by atoms with Crippen molar-refractivity contribution in [1.29, 1.82) is 0 Å². The molecule has 0 radical (unpaired) electrons. The molecule has 0 saturated carbocycles. The van der Waals surface area contributed by atoms with Gasteiger partial charge in [0.05, 0.1) is 6.04 Å². The van der Waals surface area contributed by atoms with Gasteiger partial charge in [-0.05, 0) is 42.0 Å². The molecular formula is C17H17NOS. The van der Waals surface area contributed by atoms with E-state index in [1.54, 1.807) is 17.4 Å². The van der Waals surface area contributed by atoms with E-state index in [0.717, 1.165) is 18.5 Å². The van der Waals surface area contributed by atoms with E-state index in [4.69, 9.17) is 0 Å². The Hall–Kier alpha value is -1.87. The lowest BCUT2D eigenvalue weighted by atomic mass is 10.0. The highest BCUT2D eigenvalue weighted by molar-refractivity contribution is 7.10. The van der Waals surface area contributed by atoms with Crippen LogP contribution in [0.4, 0.5) is 0 Å². The molecule has 3 rings (SSSR count). The van der Waals surface area contributed by atoms with E-state index in [9.17, 15) is 4.79 Å². The van der Waals surface area contributed by atoms with Gasteiger partial charge in [-0.3, -0.25) is 4.79 Å². The lowest BCUT2D eigenvalue weighted by Gasteiger charge is -2.32. The zero-order valence-electron chi connectivity index (χ0n) is 11.5. The number of carbonyl (C=O) groups is 1. The van der Waals surface area contributed by atoms with Crippen LogP contribution >= 0.6 is 11.3 Å². The van der Waals surface area contributed by atoms with Gasteiger partial charge in [-0.15, -0.1) is 11.3 Å². The fourth-order valence-electron chi connectivity index (χ4n) is 2.64. The van der Waals surface area contributed by atoms with Crippen LogP contribution < -0.4 is 0 Å². The maximum Gasteiger partial charge on any atom is 0.247 e. The number of amides is 1. The quantitative estimate of drug-likeness (QED) is 0.765. The van der Waals surface area contributed by atoms with E-state index in [-0.39, 0.29) is 11.9 Å². The molecule has 0 fully saturated rings. The molecule has 0 N–H and O–H groups in total. The van der Waals surface area contributed by atoms with Crippen LogP contribution in [0, 0.1) is 0 Å². The highest BCUT2D eigenvalue weighted by atomic mass is 32.1. The zero-order valence-corrected chi connectivity index (χ0v) is 12.3. The summed E-state index contributed by atoms with van der Waals surface area (Å²) in [5.41, 5.74) is 2.37. The van der Waals surface area contributed by atoms with Crippen LogP contribution in [-0.4, -0.2) is 17.4 Å². The van der Waals surface area contributed by atoms with E-state index >= 15 is 0 Å². The molecule has 102 valence electrons. The Balaban J connectivity index is 1.74. The van der Waals surface area contributed by atoms with Gasteiger partial charge in [-0.1, -0.05) is 30.3 Å². The van der Waals surface area contributed by atoms with Crippen molar-refractivity contribution in [2.24, 2.45) is 0 Å². The Morgan fingerprint density at radius 2 is 2.10 bits per heavy atom. The third kappa shape index (κ3) is 2.54. The summed E-state index contributed by atoms with van der Waals surface area (Å²) < 4.78 is 0. The summed E-state index contributed by atoms with van der Waals surface area (Å²) in [5.74, 6) is 0.0956. The highest BCUT2D eigenvalue weighted by Crippen LogP contribution is 2.32. The predicted molar refractivity (Wildman–Crippen MR) is 83.6 cm³/mol. The second-order valence-electron chi connectivity index (χ2n) is 5.00. The van der Waals surface area contributed by atoms with Crippen LogP contribution in [0.15, 0.2) is 47.9 Å². The van der Waals surface area contributed by atoms with Gasteiger partial charge in [0, 0.05) is 17.5 Å². The first kappa shape index (κ1) is 13.1. The molecule has 20 heavy (non-hydrogen) atoms. The Morgan fingerprint density at radius 1 is 1.30 bits per heavy atom. The largest absolute Gasteiger partial charge is 0.332 e. The number of thiophene rings is 1. The Kier molecular flexibility index (Phi) is 3.70. The van der Waals surface area contributed by atoms with Crippen molar-refractivity contribution in [2.45, 2.75) is 19.4 Å². The van der Waals surface area contributed by atoms with Crippen LogP contribution in [0.2, 0.25) is 0 Å². The van der Waals surface area contributed by atoms with Crippen molar-refractivity contribution in [1.82, 2.24) is 4.90 Å². The molecule has 1 atom stereocenters. The molecule has 1 aromatic carbocycles. The lowest BCUT2D eigenvalue weighted by molar-refractivity contribution is -0.128. The normalized spacial score (nSPS) is 18.2. The first-order valence-electron chi connectivity index (χ1n) is 6.85. The fourth-order valence-corrected chi connectivity index (χ4v) is 3.60. The maximum atomic E-state index is 12.4. The van der Waals surface area contributed by atoms with E-state index in [0.29, 0.717) is 0 Å². The summed E-state index contributed by atoms with van der Waals surface area (Å²) >= 11 is 1.80. The number of rotatable bonds is 2. The molecule has 1 amide bonds.